The molecule has 1 aromatic heterocycles. The highest BCUT2D eigenvalue weighted by molar-refractivity contribution is 7.09. The van der Waals surface area contributed by atoms with Crippen LogP contribution in [0.15, 0.2) is 5.38 Å². The van der Waals surface area contributed by atoms with E-state index in [4.69, 9.17) is 9.72 Å². The summed E-state index contributed by atoms with van der Waals surface area (Å²) in [6, 6.07) is 0.480. The van der Waals surface area contributed by atoms with Crippen LogP contribution in [0.2, 0.25) is 0 Å². The van der Waals surface area contributed by atoms with Gasteiger partial charge in [-0.15, -0.1) is 11.3 Å². The van der Waals surface area contributed by atoms with Crippen molar-refractivity contribution in [3.63, 3.8) is 0 Å². The highest BCUT2D eigenvalue weighted by atomic mass is 32.1. The monoisotopic (exact) mass is 268 g/mol. The van der Waals surface area contributed by atoms with Gasteiger partial charge in [0.15, 0.2) is 0 Å². The van der Waals surface area contributed by atoms with Crippen molar-refractivity contribution in [1.82, 2.24) is 10.3 Å². The summed E-state index contributed by atoms with van der Waals surface area (Å²) >= 11 is 1.79. The second-order valence-electron chi connectivity index (χ2n) is 5.61. The second kappa shape index (κ2) is 5.68. The molecule has 0 unspecified atom stereocenters. The van der Waals surface area contributed by atoms with Crippen LogP contribution in [0.3, 0.4) is 0 Å². The summed E-state index contributed by atoms with van der Waals surface area (Å²) in [5.41, 5.74) is 1.20. The van der Waals surface area contributed by atoms with E-state index in [0.29, 0.717) is 12.1 Å². The number of hydrogen-bond acceptors (Lipinski definition) is 4. The van der Waals surface area contributed by atoms with Crippen LogP contribution in [0.5, 0.6) is 0 Å². The number of ether oxygens (including phenoxy) is 1. The maximum atomic E-state index is 5.49. The third-order valence-electron chi connectivity index (χ3n) is 3.71. The molecule has 1 fully saturated rings. The van der Waals surface area contributed by atoms with Crippen LogP contribution in [0, 0.1) is 6.92 Å². The molecule has 0 spiro atoms. The Labute approximate surface area is 114 Å². The maximum absolute atomic E-state index is 5.49. The highest BCUT2D eigenvalue weighted by Gasteiger charge is 2.39. The molecule has 1 aromatic rings. The fraction of sp³-hybridized carbons (Fsp3) is 0.786. The average Bonchev–Trinajstić information content (AvgIpc) is 2.77. The number of methoxy groups -OCH3 is 1. The third-order valence-corrected chi connectivity index (χ3v) is 4.88. The molecular weight excluding hydrogens is 244 g/mol. The first-order chi connectivity index (χ1) is 8.55. The standard InChI is InChI=1S/C14H24N2OS/c1-10(2)16-14(13-15-11(3)9-18-13)7-5-12(17-4)6-8-14/h9-10,12,16H,5-8H2,1-4H3. The quantitative estimate of drug-likeness (QED) is 0.910. The lowest BCUT2D eigenvalue weighted by atomic mass is 9.80. The predicted octanol–water partition coefficient (Wildman–Crippen LogP) is 3.23. The molecule has 102 valence electrons. The minimum atomic E-state index is 0.0716. The first-order valence-electron chi connectivity index (χ1n) is 6.79. The minimum absolute atomic E-state index is 0.0716. The Morgan fingerprint density at radius 3 is 2.56 bits per heavy atom. The second-order valence-corrected chi connectivity index (χ2v) is 6.47. The SMILES string of the molecule is COC1CCC(NC(C)C)(c2nc(C)cs2)CC1. The Morgan fingerprint density at radius 2 is 2.11 bits per heavy atom. The van der Waals surface area contributed by atoms with Crippen LogP contribution in [-0.2, 0) is 10.3 Å². The molecule has 0 atom stereocenters. The summed E-state index contributed by atoms with van der Waals surface area (Å²) in [6.07, 6.45) is 4.91. The number of rotatable bonds is 4. The van der Waals surface area contributed by atoms with E-state index in [0.717, 1.165) is 31.4 Å². The van der Waals surface area contributed by atoms with Gasteiger partial charge >= 0.3 is 0 Å². The Hall–Kier alpha value is -0.450. The van der Waals surface area contributed by atoms with Gasteiger partial charge in [-0.3, -0.25) is 0 Å². The third kappa shape index (κ3) is 2.92. The minimum Gasteiger partial charge on any atom is -0.381 e. The molecule has 4 heteroatoms. The zero-order valence-corrected chi connectivity index (χ0v) is 12.6. The molecule has 0 saturated heterocycles. The molecule has 1 saturated carbocycles. The number of nitrogens with zero attached hydrogens (tertiary/aromatic N) is 1. The molecule has 18 heavy (non-hydrogen) atoms. The van der Waals surface area contributed by atoms with Crippen molar-refractivity contribution in [2.45, 2.75) is 64.1 Å². The molecule has 0 bridgehead atoms. The maximum Gasteiger partial charge on any atom is 0.113 e. The first-order valence-corrected chi connectivity index (χ1v) is 7.67. The van der Waals surface area contributed by atoms with Crippen molar-refractivity contribution in [3.05, 3.63) is 16.1 Å². The largest absolute Gasteiger partial charge is 0.381 e. The predicted molar refractivity (Wildman–Crippen MR) is 76.1 cm³/mol. The Bertz CT molecular complexity index is 381. The van der Waals surface area contributed by atoms with E-state index in [1.54, 1.807) is 11.3 Å². The molecule has 2 rings (SSSR count). The van der Waals surface area contributed by atoms with Crippen molar-refractivity contribution in [2.75, 3.05) is 7.11 Å². The molecule has 0 aromatic carbocycles. The van der Waals surface area contributed by atoms with Gasteiger partial charge in [0.25, 0.3) is 0 Å². The molecule has 0 radical (unpaired) electrons. The van der Waals surface area contributed by atoms with E-state index in [1.807, 2.05) is 7.11 Å². The van der Waals surface area contributed by atoms with Crippen LogP contribution < -0.4 is 5.32 Å². The summed E-state index contributed by atoms with van der Waals surface area (Å²) in [6.45, 7) is 6.50. The van der Waals surface area contributed by atoms with Gasteiger partial charge in [-0.05, 0) is 46.5 Å². The zero-order valence-electron chi connectivity index (χ0n) is 11.8. The van der Waals surface area contributed by atoms with Gasteiger partial charge in [-0.1, -0.05) is 0 Å². The molecular formula is C14H24N2OS. The number of nitrogens with one attached hydrogen (secondary N) is 1. The fourth-order valence-electron chi connectivity index (χ4n) is 2.87. The van der Waals surface area contributed by atoms with Gasteiger partial charge in [0, 0.05) is 24.2 Å². The number of aryl methyl sites for hydroxylation is 1. The summed E-state index contributed by atoms with van der Waals surface area (Å²) in [5, 5.41) is 7.17. The molecule has 1 aliphatic carbocycles. The van der Waals surface area contributed by atoms with E-state index >= 15 is 0 Å². The molecule has 1 heterocycles. The van der Waals surface area contributed by atoms with Crippen molar-refractivity contribution < 1.29 is 4.74 Å². The molecule has 0 aliphatic heterocycles. The van der Waals surface area contributed by atoms with E-state index in [9.17, 15) is 0 Å². The van der Waals surface area contributed by atoms with Gasteiger partial charge in [0.05, 0.1) is 11.6 Å². The lowest BCUT2D eigenvalue weighted by Crippen LogP contribution is -2.49. The first kappa shape index (κ1) is 14.0. The molecule has 0 amide bonds. The number of hydrogen-bond donors (Lipinski definition) is 1. The van der Waals surface area contributed by atoms with Gasteiger partial charge in [-0.2, -0.15) is 0 Å². The molecule has 1 N–H and O–H groups in total. The van der Waals surface area contributed by atoms with Crippen LogP contribution in [0.1, 0.15) is 50.2 Å². The summed E-state index contributed by atoms with van der Waals surface area (Å²) in [5.74, 6) is 0. The molecule has 3 nitrogen and oxygen atoms in total. The summed E-state index contributed by atoms with van der Waals surface area (Å²) < 4.78 is 5.49. The Morgan fingerprint density at radius 1 is 1.44 bits per heavy atom. The van der Waals surface area contributed by atoms with E-state index in [-0.39, 0.29) is 5.54 Å². The lowest BCUT2D eigenvalue weighted by molar-refractivity contribution is 0.0381. The van der Waals surface area contributed by atoms with Crippen molar-refractivity contribution >= 4 is 11.3 Å². The highest BCUT2D eigenvalue weighted by Crippen LogP contribution is 2.39. The van der Waals surface area contributed by atoms with Crippen molar-refractivity contribution in [3.8, 4) is 0 Å². The topological polar surface area (TPSA) is 34.1 Å². The smallest absolute Gasteiger partial charge is 0.113 e. The van der Waals surface area contributed by atoms with Gasteiger partial charge in [0.1, 0.15) is 5.01 Å². The molecule has 1 aliphatic rings. The zero-order chi connectivity index (χ0) is 13.2. The summed E-state index contributed by atoms with van der Waals surface area (Å²) in [4.78, 5) is 4.73. The normalized spacial score (nSPS) is 28.8. The Kier molecular flexibility index (Phi) is 4.41. The van der Waals surface area contributed by atoms with E-state index < -0.39 is 0 Å². The van der Waals surface area contributed by atoms with Crippen LogP contribution in [-0.4, -0.2) is 24.2 Å². The van der Waals surface area contributed by atoms with Crippen LogP contribution >= 0.6 is 11.3 Å². The summed E-state index contributed by atoms with van der Waals surface area (Å²) in [7, 11) is 1.82. The van der Waals surface area contributed by atoms with E-state index in [1.165, 1.54) is 5.01 Å². The number of aromatic nitrogens is 1. The van der Waals surface area contributed by atoms with Crippen LogP contribution in [0.25, 0.3) is 0 Å². The van der Waals surface area contributed by atoms with Crippen LogP contribution in [0.4, 0.5) is 0 Å². The van der Waals surface area contributed by atoms with Crippen molar-refractivity contribution in [2.24, 2.45) is 0 Å². The lowest BCUT2D eigenvalue weighted by Gasteiger charge is -2.40. The van der Waals surface area contributed by atoms with Gasteiger partial charge in [-0.25, -0.2) is 4.98 Å². The average molecular weight is 268 g/mol. The van der Waals surface area contributed by atoms with Gasteiger partial charge < -0.3 is 10.1 Å². The van der Waals surface area contributed by atoms with Gasteiger partial charge in [0.2, 0.25) is 0 Å². The number of thiazole rings is 1. The van der Waals surface area contributed by atoms with Crippen molar-refractivity contribution in [1.29, 1.82) is 0 Å². The fourth-order valence-corrected chi connectivity index (χ4v) is 3.89. The Balaban J connectivity index is 2.19. The van der Waals surface area contributed by atoms with E-state index in [2.05, 4.69) is 31.5 Å².